The van der Waals surface area contributed by atoms with Gasteiger partial charge in [0.15, 0.2) is 16.7 Å². The van der Waals surface area contributed by atoms with E-state index < -0.39 is 11.8 Å². The SMILES string of the molecule is O=C(CSc1nc2ccccc2s1)OCC(=O)c1ccc(F)cc1. The van der Waals surface area contributed by atoms with E-state index in [1.165, 1.54) is 47.4 Å². The summed E-state index contributed by atoms with van der Waals surface area (Å²) in [5.74, 6) is -1.20. The van der Waals surface area contributed by atoms with Gasteiger partial charge in [-0.3, -0.25) is 9.59 Å². The normalized spacial score (nSPS) is 10.7. The number of para-hydroxylation sites is 1. The quantitative estimate of drug-likeness (QED) is 0.378. The molecule has 0 fully saturated rings. The number of rotatable bonds is 6. The third-order valence-electron chi connectivity index (χ3n) is 3.12. The molecule has 0 aliphatic heterocycles. The Hall–Kier alpha value is -2.25. The number of carbonyl (C=O) groups is 2. The number of thiazole rings is 1. The summed E-state index contributed by atoms with van der Waals surface area (Å²) in [5, 5.41) is 0. The first kappa shape index (κ1) is 16.6. The van der Waals surface area contributed by atoms with E-state index in [-0.39, 0.29) is 18.1 Å². The van der Waals surface area contributed by atoms with Gasteiger partial charge in [0.1, 0.15) is 5.82 Å². The van der Waals surface area contributed by atoms with Crippen LogP contribution in [0, 0.1) is 5.82 Å². The number of Topliss-reactive ketones (excluding diaryl/α,β-unsaturated/α-hetero) is 1. The molecule has 0 aliphatic rings. The molecule has 1 aromatic heterocycles. The van der Waals surface area contributed by atoms with Crippen molar-refractivity contribution in [3.8, 4) is 0 Å². The fraction of sp³-hybridized carbons (Fsp3) is 0.118. The van der Waals surface area contributed by atoms with Gasteiger partial charge in [0.25, 0.3) is 0 Å². The van der Waals surface area contributed by atoms with E-state index in [0.29, 0.717) is 5.56 Å². The maximum atomic E-state index is 12.8. The molecule has 0 aliphatic carbocycles. The Kier molecular flexibility index (Phi) is 5.22. The van der Waals surface area contributed by atoms with Gasteiger partial charge in [-0.2, -0.15) is 0 Å². The first-order chi connectivity index (χ1) is 11.6. The predicted molar refractivity (Wildman–Crippen MR) is 92.0 cm³/mol. The zero-order chi connectivity index (χ0) is 16.9. The monoisotopic (exact) mass is 361 g/mol. The lowest BCUT2D eigenvalue weighted by Gasteiger charge is -2.03. The van der Waals surface area contributed by atoms with Gasteiger partial charge in [-0.15, -0.1) is 11.3 Å². The molecule has 1 heterocycles. The molecule has 0 radical (unpaired) electrons. The number of carbonyl (C=O) groups excluding carboxylic acids is 2. The number of halogens is 1. The topological polar surface area (TPSA) is 56.3 Å². The molecule has 0 amide bonds. The van der Waals surface area contributed by atoms with Crippen molar-refractivity contribution in [1.29, 1.82) is 0 Å². The number of ketones is 1. The Labute approximate surface area is 145 Å². The van der Waals surface area contributed by atoms with Crippen LogP contribution in [-0.4, -0.2) is 29.1 Å². The maximum Gasteiger partial charge on any atom is 0.316 e. The third-order valence-corrected chi connectivity index (χ3v) is 5.27. The molecular weight excluding hydrogens is 349 g/mol. The van der Waals surface area contributed by atoms with Crippen molar-refractivity contribution in [2.75, 3.05) is 12.4 Å². The molecule has 3 rings (SSSR count). The first-order valence-corrected chi connectivity index (χ1v) is 8.85. The number of fused-ring (bicyclic) bond motifs is 1. The van der Waals surface area contributed by atoms with Crippen molar-refractivity contribution in [3.05, 3.63) is 59.9 Å². The standard InChI is InChI=1S/C17H12FNO3S2/c18-12-7-5-11(6-8-12)14(20)9-22-16(21)10-23-17-19-13-3-1-2-4-15(13)24-17/h1-8H,9-10H2. The summed E-state index contributed by atoms with van der Waals surface area (Å²) in [6.45, 7) is -0.356. The molecule has 0 bridgehead atoms. The minimum atomic E-state index is -0.491. The summed E-state index contributed by atoms with van der Waals surface area (Å²) in [6, 6.07) is 12.8. The second-order valence-corrected chi connectivity index (χ2v) is 7.08. The van der Waals surface area contributed by atoms with Crippen molar-refractivity contribution >= 4 is 45.1 Å². The molecule has 4 nitrogen and oxygen atoms in total. The van der Waals surface area contributed by atoms with E-state index in [1.807, 2.05) is 24.3 Å². The Morgan fingerprint density at radius 3 is 2.62 bits per heavy atom. The first-order valence-electron chi connectivity index (χ1n) is 7.04. The van der Waals surface area contributed by atoms with Crippen LogP contribution in [0.25, 0.3) is 10.2 Å². The second-order valence-electron chi connectivity index (χ2n) is 4.83. The van der Waals surface area contributed by atoms with Crippen LogP contribution in [0.1, 0.15) is 10.4 Å². The Bertz CT molecular complexity index is 844. The van der Waals surface area contributed by atoms with E-state index in [4.69, 9.17) is 4.74 Å². The number of aromatic nitrogens is 1. The Morgan fingerprint density at radius 1 is 1.12 bits per heavy atom. The van der Waals surface area contributed by atoms with Gasteiger partial charge in [-0.1, -0.05) is 23.9 Å². The summed E-state index contributed by atoms with van der Waals surface area (Å²) in [6.07, 6.45) is 0. The molecule has 0 spiro atoms. The van der Waals surface area contributed by atoms with E-state index >= 15 is 0 Å². The minimum absolute atomic E-state index is 0.0799. The lowest BCUT2D eigenvalue weighted by Crippen LogP contribution is -2.15. The van der Waals surface area contributed by atoms with Crippen LogP contribution in [0.15, 0.2) is 52.9 Å². The number of hydrogen-bond acceptors (Lipinski definition) is 6. The van der Waals surface area contributed by atoms with E-state index in [2.05, 4.69) is 4.98 Å². The summed E-state index contributed by atoms with van der Waals surface area (Å²) < 4.78 is 19.6. The molecule has 0 atom stereocenters. The zero-order valence-electron chi connectivity index (χ0n) is 12.4. The lowest BCUT2D eigenvalue weighted by molar-refractivity contribution is -0.139. The van der Waals surface area contributed by atoms with Gasteiger partial charge in [0.05, 0.1) is 16.0 Å². The molecular formula is C17H12FNO3S2. The Balaban J connectivity index is 1.48. The highest BCUT2D eigenvalue weighted by Crippen LogP contribution is 2.29. The fourth-order valence-corrected chi connectivity index (χ4v) is 3.81. The average molecular weight is 361 g/mol. The number of nitrogens with zero attached hydrogens (tertiary/aromatic N) is 1. The van der Waals surface area contributed by atoms with E-state index in [0.717, 1.165) is 14.6 Å². The number of ether oxygens (including phenoxy) is 1. The molecule has 122 valence electrons. The second kappa shape index (κ2) is 7.55. The summed E-state index contributed by atoms with van der Waals surface area (Å²) in [7, 11) is 0. The summed E-state index contributed by atoms with van der Waals surface area (Å²) in [4.78, 5) is 28.0. The molecule has 0 N–H and O–H groups in total. The Morgan fingerprint density at radius 2 is 1.88 bits per heavy atom. The number of hydrogen-bond donors (Lipinski definition) is 0. The smallest absolute Gasteiger partial charge is 0.316 e. The maximum absolute atomic E-state index is 12.8. The molecule has 2 aromatic carbocycles. The number of esters is 1. The van der Waals surface area contributed by atoms with Crippen molar-refractivity contribution in [2.24, 2.45) is 0 Å². The van der Waals surface area contributed by atoms with Crippen LogP contribution >= 0.6 is 23.1 Å². The number of thioether (sulfide) groups is 1. The van der Waals surface area contributed by atoms with Crippen LogP contribution in [-0.2, 0) is 9.53 Å². The number of benzene rings is 2. The van der Waals surface area contributed by atoms with Gasteiger partial charge < -0.3 is 4.74 Å². The van der Waals surface area contributed by atoms with Crippen molar-refractivity contribution in [3.63, 3.8) is 0 Å². The molecule has 0 saturated carbocycles. The third kappa shape index (κ3) is 4.18. The van der Waals surface area contributed by atoms with Crippen molar-refractivity contribution in [2.45, 2.75) is 4.34 Å². The van der Waals surface area contributed by atoms with Gasteiger partial charge >= 0.3 is 5.97 Å². The molecule has 3 aromatic rings. The highest BCUT2D eigenvalue weighted by Gasteiger charge is 2.12. The van der Waals surface area contributed by atoms with Crippen LogP contribution < -0.4 is 0 Å². The van der Waals surface area contributed by atoms with E-state index in [1.54, 1.807) is 0 Å². The largest absolute Gasteiger partial charge is 0.457 e. The minimum Gasteiger partial charge on any atom is -0.457 e. The average Bonchev–Trinajstić information content (AvgIpc) is 3.01. The van der Waals surface area contributed by atoms with Crippen LogP contribution in [0.3, 0.4) is 0 Å². The van der Waals surface area contributed by atoms with Crippen LogP contribution in [0.4, 0.5) is 4.39 Å². The molecule has 7 heteroatoms. The molecule has 0 unspecified atom stereocenters. The highest BCUT2D eigenvalue weighted by atomic mass is 32.2. The molecule has 24 heavy (non-hydrogen) atoms. The van der Waals surface area contributed by atoms with Crippen LogP contribution in [0.5, 0.6) is 0 Å². The summed E-state index contributed by atoms with van der Waals surface area (Å²) >= 11 is 2.78. The molecule has 0 saturated heterocycles. The van der Waals surface area contributed by atoms with Gasteiger partial charge in [0, 0.05) is 5.56 Å². The predicted octanol–water partition coefficient (Wildman–Crippen LogP) is 3.95. The summed E-state index contributed by atoms with van der Waals surface area (Å²) in [5.41, 5.74) is 1.20. The van der Waals surface area contributed by atoms with E-state index in [9.17, 15) is 14.0 Å². The highest BCUT2D eigenvalue weighted by molar-refractivity contribution is 8.01. The van der Waals surface area contributed by atoms with Crippen molar-refractivity contribution in [1.82, 2.24) is 4.98 Å². The lowest BCUT2D eigenvalue weighted by atomic mass is 10.1. The fourth-order valence-electron chi connectivity index (χ4n) is 1.94. The van der Waals surface area contributed by atoms with Crippen molar-refractivity contribution < 1.29 is 18.7 Å². The van der Waals surface area contributed by atoms with Gasteiger partial charge in [0.2, 0.25) is 0 Å². The zero-order valence-corrected chi connectivity index (χ0v) is 14.0. The van der Waals surface area contributed by atoms with Gasteiger partial charge in [-0.25, -0.2) is 9.37 Å². The van der Waals surface area contributed by atoms with Crippen LogP contribution in [0.2, 0.25) is 0 Å². The van der Waals surface area contributed by atoms with Gasteiger partial charge in [-0.05, 0) is 36.4 Å².